The largest absolute Gasteiger partial charge is 0.428 e. The van der Waals surface area contributed by atoms with Gasteiger partial charge in [-0.05, 0) is 57.1 Å². The van der Waals surface area contributed by atoms with Crippen molar-refractivity contribution in [1.82, 2.24) is 9.62 Å². The number of alkyl halides is 2. The Kier molecular flexibility index (Phi) is 6.73. The summed E-state index contributed by atoms with van der Waals surface area (Å²) < 4.78 is 95.7. The third-order valence-corrected chi connectivity index (χ3v) is 7.28. The van der Waals surface area contributed by atoms with E-state index in [9.17, 15) is 17.2 Å². The zero-order chi connectivity index (χ0) is 23.1. The van der Waals surface area contributed by atoms with Crippen molar-refractivity contribution in [2.45, 2.75) is 68.7 Å². The summed E-state index contributed by atoms with van der Waals surface area (Å²) in [6, 6.07) is 0.422. The third-order valence-electron chi connectivity index (χ3n) is 6.55. The summed E-state index contributed by atoms with van der Waals surface area (Å²) in [7, 11) is -3.56. The van der Waals surface area contributed by atoms with E-state index in [4.69, 9.17) is 9.47 Å². The van der Waals surface area contributed by atoms with Crippen molar-refractivity contribution in [3.05, 3.63) is 29.3 Å². The van der Waals surface area contributed by atoms with Gasteiger partial charge in [0.1, 0.15) is 12.4 Å². The van der Waals surface area contributed by atoms with Gasteiger partial charge in [0.2, 0.25) is 10.0 Å². The lowest BCUT2D eigenvalue weighted by atomic mass is 9.82. The van der Waals surface area contributed by atoms with Crippen LogP contribution in [-0.2, 0) is 14.8 Å². The van der Waals surface area contributed by atoms with Gasteiger partial charge in [-0.15, -0.1) is 0 Å². The normalized spacial score (nSPS) is 31.4. The standard InChI is InChI=1S/C21H28F4N2O4S/c1-32(28,29)26-18-3-2-8-27-12-21(24,25)31-20-16(9-14(22)10-17(20)23)13-4-6-15(7-5-13)30-11-19(18)27/h9-10,13,15,18-19,26H,2-8,11-12H2,1H3/t13-,15+,18-,19-/m0/s1. The Morgan fingerprint density at radius 3 is 2.53 bits per heavy atom. The Morgan fingerprint density at radius 1 is 1.12 bits per heavy atom. The van der Waals surface area contributed by atoms with Crippen LogP contribution in [-0.4, -0.2) is 63.6 Å². The van der Waals surface area contributed by atoms with E-state index in [0.29, 0.717) is 51.1 Å². The lowest BCUT2D eigenvalue weighted by molar-refractivity contribution is -0.198. The van der Waals surface area contributed by atoms with Crippen LogP contribution < -0.4 is 9.46 Å². The molecule has 3 aliphatic heterocycles. The second-order valence-corrected chi connectivity index (χ2v) is 10.8. The quantitative estimate of drug-likeness (QED) is 0.658. The predicted octanol–water partition coefficient (Wildman–Crippen LogP) is 3.38. The number of fused-ring (bicyclic) bond motifs is 5. The summed E-state index contributed by atoms with van der Waals surface area (Å²) >= 11 is 0. The number of nitrogens with one attached hydrogen (secondary N) is 1. The van der Waals surface area contributed by atoms with E-state index >= 15 is 8.78 Å². The number of benzene rings is 1. The number of piperidine rings is 1. The average Bonchev–Trinajstić information content (AvgIpc) is 2.69. The molecular weight excluding hydrogens is 452 g/mol. The first-order valence-electron chi connectivity index (χ1n) is 10.9. The maximum Gasteiger partial charge on any atom is 0.411 e. The highest BCUT2D eigenvalue weighted by molar-refractivity contribution is 7.88. The molecule has 2 atom stereocenters. The topological polar surface area (TPSA) is 67.9 Å². The minimum Gasteiger partial charge on any atom is -0.428 e. The molecule has 5 rings (SSSR count). The fourth-order valence-electron chi connectivity index (χ4n) is 5.14. The molecule has 0 aromatic heterocycles. The number of sulfonamides is 1. The van der Waals surface area contributed by atoms with Crippen LogP contribution in [0, 0.1) is 11.6 Å². The molecule has 32 heavy (non-hydrogen) atoms. The second-order valence-electron chi connectivity index (χ2n) is 9.03. The number of nitrogens with zero attached hydrogens (tertiary/aromatic N) is 1. The molecule has 11 heteroatoms. The van der Waals surface area contributed by atoms with Crippen LogP contribution in [0.2, 0.25) is 0 Å². The molecule has 0 radical (unpaired) electrons. The van der Waals surface area contributed by atoms with Crippen molar-refractivity contribution in [1.29, 1.82) is 0 Å². The van der Waals surface area contributed by atoms with Crippen LogP contribution in [0.1, 0.15) is 50.0 Å². The number of rotatable bonds is 2. The number of halogens is 4. The summed E-state index contributed by atoms with van der Waals surface area (Å²) in [4.78, 5) is 1.44. The Bertz CT molecular complexity index is 938. The SMILES string of the molecule is CS(=O)(=O)N[C@H]1CCCN2CC(F)(F)Oc3c(F)cc(F)cc3[C@H]3CC[C@H](CC3)OC[C@@H]12. The van der Waals surface area contributed by atoms with Gasteiger partial charge >= 0.3 is 6.11 Å². The molecule has 1 aliphatic carbocycles. The van der Waals surface area contributed by atoms with Crippen LogP contribution in [0.4, 0.5) is 17.6 Å². The molecule has 0 unspecified atom stereocenters. The smallest absolute Gasteiger partial charge is 0.411 e. The summed E-state index contributed by atoms with van der Waals surface area (Å²) in [6.07, 6.45) is 0.386. The summed E-state index contributed by atoms with van der Waals surface area (Å²) in [5.41, 5.74) is 0.117. The minimum atomic E-state index is -3.77. The van der Waals surface area contributed by atoms with Gasteiger partial charge in [0, 0.05) is 23.7 Å². The van der Waals surface area contributed by atoms with E-state index in [1.54, 1.807) is 0 Å². The first-order valence-corrected chi connectivity index (χ1v) is 12.8. The lowest BCUT2D eigenvalue weighted by Crippen LogP contribution is -2.60. The van der Waals surface area contributed by atoms with Crippen LogP contribution in [0.25, 0.3) is 0 Å². The average molecular weight is 481 g/mol. The molecule has 1 saturated heterocycles. The van der Waals surface area contributed by atoms with Gasteiger partial charge in [-0.1, -0.05) is 0 Å². The van der Waals surface area contributed by atoms with E-state index in [2.05, 4.69) is 4.72 Å². The Balaban J connectivity index is 1.69. The van der Waals surface area contributed by atoms with E-state index in [1.165, 1.54) is 4.90 Å². The monoisotopic (exact) mass is 480 g/mol. The predicted molar refractivity (Wildman–Crippen MR) is 109 cm³/mol. The van der Waals surface area contributed by atoms with Crippen LogP contribution in [0.3, 0.4) is 0 Å². The van der Waals surface area contributed by atoms with Gasteiger partial charge in [-0.2, -0.15) is 8.78 Å². The van der Waals surface area contributed by atoms with Crippen LogP contribution in [0.15, 0.2) is 12.1 Å². The summed E-state index contributed by atoms with van der Waals surface area (Å²) in [5, 5.41) is 0. The van der Waals surface area contributed by atoms with E-state index in [-0.39, 0.29) is 24.2 Å². The van der Waals surface area contributed by atoms with Crippen LogP contribution in [0.5, 0.6) is 5.75 Å². The van der Waals surface area contributed by atoms with Gasteiger partial charge < -0.3 is 9.47 Å². The second kappa shape index (κ2) is 9.08. The van der Waals surface area contributed by atoms with Crippen molar-refractivity contribution in [3.8, 4) is 5.75 Å². The molecule has 180 valence electrons. The Hall–Kier alpha value is -1.43. The number of hydrogen-bond acceptors (Lipinski definition) is 5. The molecule has 3 heterocycles. The fourth-order valence-corrected chi connectivity index (χ4v) is 5.97. The van der Waals surface area contributed by atoms with Crippen molar-refractivity contribution < 1.29 is 35.5 Å². The fraction of sp³-hybridized carbons (Fsp3) is 0.714. The summed E-state index contributed by atoms with van der Waals surface area (Å²) in [6.45, 7) is -0.482. The summed E-state index contributed by atoms with van der Waals surface area (Å²) in [5.74, 6) is -2.91. The highest BCUT2D eigenvalue weighted by atomic mass is 32.2. The molecule has 1 saturated carbocycles. The molecule has 1 N–H and O–H groups in total. The number of ether oxygens (including phenoxy) is 2. The zero-order valence-corrected chi connectivity index (χ0v) is 18.6. The van der Waals surface area contributed by atoms with E-state index < -0.39 is 52.1 Å². The molecule has 0 amide bonds. The van der Waals surface area contributed by atoms with Gasteiger partial charge in [0.05, 0.1) is 19.0 Å². The van der Waals surface area contributed by atoms with Gasteiger partial charge in [0.25, 0.3) is 0 Å². The van der Waals surface area contributed by atoms with Crippen molar-refractivity contribution in [3.63, 3.8) is 0 Å². The van der Waals surface area contributed by atoms with Crippen molar-refractivity contribution in [2.24, 2.45) is 0 Å². The molecule has 2 bridgehead atoms. The highest BCUT2D eigenvalue weighted by Crippen LogP contribution is 2.42. The van der Waals surface area contributed by atoms with Gasteiger partial charge in [-0.3, -0.25) is 4.90 Å². The first-order chi connectivity index (χ1) is 15.0. The molecule has 4 aliphatic rings. The third kappa shape index (κ3) is 5.55. The van der Waals surface area contributed by atoms with Gasteiger partial charge in [-0.25, -0.2) is 21.9 Å². The molecule has 0 spiro atoms. The van der Waals surface area contributed by atoms with E-state index in [0.717, 1.165) is 12.3 Å². The Morgan fingerprint density at radius 2 is 1.84 bits per heavy atom. The zero-order valence-electron chi connectivity index (χ0n) is 17.8. The van der Waals surface area contributed by atoms with E-state index in [1.807, 2.05) is 0 Å². The molecule has 1 aromatic carbocycles. The van der Waals surface area contributed by atoms with Crippen molar-refractivity contribution in [2.75, 3.05) is 26.0 Å². The Labute approximate surface area is 185 Å². The lowest BCUT2D eigenvalue weighted by Gasteiger charge is -2.42. The number of hydrogen-bond donors (Lipinski definition) is 1. The highest BCUT2D eigenvalue weighted by Gasteiger charge is 2.43. The maximum absolute atomic E-state index is 15.0. The molecule has 1 aromatic rings. The molecular formula is C21H28F4N2O4S. The minimum absolute atomic E-state index is 0.0918. The van der Waals surface area contributed by atoms with Crippen molar-refractivity contribution >= 4 is 10.0 Å². The first kappa shape index (κ1) is 23.7. The van der Waals surface area contributed by atoms with Crippen LogP contribution >= 0.6 is 0 Å². The molecule has 6 nitrogen and oxygen atoms in total. The van der Waals surface area contributed by atoms with Gasteiger partial charge in [0.15, 0.2) is 11.6 Å². The molecule has 2 fully saturated rings. The maximum atomic E-state index is 15.0.